The SMILES string of the molecule is COCC(=O)N[C@@H]1CCN(c2nccnc2C2CN(c3ccc4ccccc4n3)C2)C1. The first-order valence-corrected chi connectivity index (χ1v) is 10.7. The first-order chi connectivity index (χ1) is 15.2. The minimum absolute atomic E-state index is 0.0776. The second-order valence-electron chi connectivity index (χ2n) is 8.16. The summed E-state index contributed by atoms with van der Waals surface area (Å²) in [7, 11) is 1.53. The van der Waals surface area contributed by atoms with E-state index in [2.05, 4.69) is 43.3 Å². The van der Waals surface area contributed by atoms with Gasteiger partial charge < -0.3 is 19.9 Å². The molecule has 2 aromatic heterocycles. The number of amides is 1. The molecule has 2 fully saturated rings. The summed E-state index contributed by atoms with van der Waals surface area (Å²) in [6, 6.07) is 12.5. The lowest BCUT2D eigenvalue weighted by Gasteiger charge is -2.40. The largest absolute Gasteiger partial charge is 0.375 e. The van der Waals surface area contributed by atoms with Gasteiger partial charge in [-0.3, -0.25) is 9.78 Å². The summed E-state index contributed by atoms with van der Waals surface area (Å²) >= 11 is 0. The minimum atomic E-state index is -0.0776. The Morgan fingerprint density at radius 3 is 2.81 bits per heavy atom. The third kappa shape index (κ3) is 4.03. The van der Waals surface area contributed by atoms with Crippen molar-refractivity contribution in [2.75, 3.05) is 49.7 Å². The van der Waals surface area contributed by atoms with Gasteiger partial charge in [-0.1, -0.05) is 18.2 Å². The van der Waals surface area contributed by atoms with Crippen LogP contribution in [0.1, 0.15) is 18.0 Å². The van der Waals surface area contributed by atoms with E-state index in [0.717, 1.165) is 60.8 Å². The Kier molecular flexibility index (Phi) is 5.38. The van der Waals surface area contributed by atoms with Crippen molar-refractivity contribution in [3.63, 3.8) is 0 Å². The molecule has 8 nitrogen and oxygen atoms in total. The first-order valence-electron chi connectivity index (χ1n) is 10.7. The van der Waals surface area contributed by atoms with Crippen LogP contribution in [0, 0.1) is 0 Å². The fourth-order valence-corrected chi connectivity index (χ4v) is 4.41. The van der Waals surface area contributed by atoms with Crippen LogP contribution in [-0.2, 0) is 9.53 Å². The molecule has 0 saturated carbocycles. The highest BCUT2D eigenvalue weighted by atomic mass is 16.5. The van der Waals surface area contributed by atoms with Crippen molar-refractivity contribution < 1.29 is 9.53 Å². The Bertz CT molecular complexity index is 1080. The van der Waals surface area contributed by atoms with E-state index in [4.69, 9.17) is 9.72 Å². The molecule has 0 unspecified atom stereocenters. The van der Waals surface area contributed by atoms with Crippen LogP contribution in [0.5, 0.6) is 0 Å². The molecule has 31 heavy (non-hydrogen) atoms. The number of aromatic nitrogens is 3. The Balaban J connectivity index is 1.26. The molecule has 1 amide bonds. The van der Waals surface area contributed by atoms with Crippen molar-refractivity contribution >= 4 is 28.4 Å². The molecule has 1 atom stereocenters. The molecule has 4 heterocycles. The van der Waals surface area contributed by atoms with E-state index in [0.29, 0.717) is 5.92 Å². The summed E-state index contributed by atoms with van der Waals surface area (Å²) in [5.41, 5.74) is 2.05. The van der Waals surface area contributed by atoms with Crippen LogP contribution in [0.4, 0.5) is 11.6 Å². The Hall–Kier alpha value is -3.26. The van der Waals surface area contributed by atoms with Gasteiger partial charge >= 0.3 is 0 Å². The molecule has 0 spiro atoms. The minimum Gasteiger partial charge on any atom is -0.375 e. The summed E-state index contributed by atoms with van der Waals surface area (Å²) < 4.78 is 4.91. The zero-order valence-corrected chi connectivity index (χ0v) is 17.6. The molecule has 1 N–H and O–H groups in total. The number of fused-ring (bicyclic) bond motifs is 1. The number of nitrogens with zero attached hydrogens (tertiary/aromatic N) is 5. The zero-order chi connectivity index (χ0) is 21.2. The summed E-state index contributed by atoms with van der Waals surface area (Å²) in [6.07, 6.45) is 4.41. The molecule has 1 aromatic carbocycles. The number of methoxy groups -OCH3 is 1. The molecule has 5 rings (SSSR count). The highest BCUT2D eigenvalue weighted by Gasteiger charge is 2.35. The predicted molar refractivity (Wildman–Crippen MR) is 119 cm³/mol. The van der Waals surface area contributed by atoms with Gasteiger partial charge in [0.1, 0.15) is 12.4 Å². The van der Waals surface area contributed by atoms with E-state index in [1.165, 1.54) is 7.11 Å². The van der Waals surface area contributed by atoms with Crippen molar-refractivity contribution in [3.05, 3.63) is 54.5 Å². The van der Waals surface area contributed by atoms with Gasteiger partial charge in [0.2, 0.25) is 5.91 Å². The maximum Gasteiger partial charge on any atom is 0.246 e. The van der Waals surface area contributed by atoms with Gasteiger partial charge in [-0.25, -0.2) is 9.97 Å². The molecule has 0 aliphatic carbocycles. The second-order valence-corrected chi connectivity index (χ2v) is 8.16. The zero-order valence-electron chi connectivity index (χ0n) is 17.6. The fourth-order valence-electron chi connectivity index (χ4n) is 4.41. The Labute approximate surface area is 181 Å². The number of benzene rings is 1. The first kappa shape index (κ1) is 19.7. The predicted octanol–water partition coefficient (Wildman–Crippen LogP) is 1.97. The smallest absolute Gasteiger partial charge is 0.246 e. The fraction of sp³-hybridized carbons (Fsp3) is 0.391. The van der Waals surface area contributed by atoms with E-state index in [1.807, 2.05) is 18.2 Å². The molecular weight excluding hydrogens is 392 g/mol. The van der Waals surface area contributed by atoms with Gasteiger partial charge in [0.25, 0.3) is 0 Å². The normalized spacial score (nSPS) is 18.9. The lowest BCUT2D eigenvalue weighted by Crippen LogP contribution is -2.46. The number of para-hydroxylation sites is 1. The van der Waals surface area contributed by atoms with Crippen LogP contribution in [0.3, 0.4) is 0 Å². The third-order valence-electron chi connectivity index (χ3n) is 6.01. The molecular formula is C23H26N6O2. The van der Waals surface area contributed by atoms with Gasteiger partial charge in [0.05, 0.1) is 11.2 Å². The van der Waals surface area contributed by atoms with Crippen molar-refractivity contribution in [1.29, 1.82) is 0 Å². The standard InChI is InChI=1S/C23H26N6O2/c1-31-15-21(30)26-18-8-11-28(14-18)23-22(24-9-10-25-23)17-12-29(13-17)20-7-6-16-4-2-3-5-19(16)27-20/h2-7,9-10,17-18H,8,11-15H2,1H3,(H,26,30)/t18-/m1/s1. The van der Waals surface area contributed by atoms with Crippen LogP contribution in [-0.4, -0.2) is 66.8 Å². The van der Waals surface area contributed by atoms with E-state index in [9.17, 15) is 4.79 Å². The number of pyridine rings is 1. The number of carbonyl (C=O) groups is 1. The van der Waals surface area contributed by atoms with Gasteiger partial charge in [-0.05, 0) is 24.6 Å². The van der Waals surface area contributed by atoms with Crippen molar-refractivity contribution in [1.82, 2.24) is 20.3 Å². The molecule has 0 radical (unpaired) electrons. The molecule has 8 heteroatoms. The summed E-state index contributed by atoms with van der Waals surface area (Å²) in [6.45, 7) is 3.43. The Morgan fingerprint density at radius 2 is 1.94 bits per heavy atom. The molecule has 0 bridgehead atoms. The monoisotopic (exact) mass is 418 g/mol. The highest BCUT2D eigenvalue weighted by molar-refractivity contribution is 5.80. The topological polar surface area (TPSA) is 83.5 Å². The van der Waals surface area contributed by atoms with E-state index in [1.54, 1.807) is 12.4 Å². The van der Waals surface area contributed by atoms with Crippen LogP contribution in [0.2, 0.25) is 0 Å². The third-order valence-corrected chi connectivity index (χ3v) is 6.01. The number of hydrogen-bond donors (Lipinski definition) is 1. The number of carbonyl (C=O) groups excluding carboxylic acids is 1. The number of nitrogens with one attached hydrogen (secondary N) is 1. The van der Waals surface area contributed by atoms with E-state index < -0.39 is 0 Å². The molecule has 160 valence electrons. The van der Waals surface area contributed by atoms with Gasteiger partial charge in [-0.2, -0.15) is 0 Å². The van der Waals surface area contributed by atoms with Crippen LogP contribution >= 0.6 is 0 Å². The number of ether oxygens (including phenoxy) is 1. The molecule has 2 aliphatic heterocycles. The number of hydrogen-bond acceptors (Lipinski definition) is 7. The number of anilines is 2. The second kappa shape index (κ2) is 8.47. The summed E-state index contributed by atoms with van der Waals surface area (Å²) in [4.78, 5) is 30.5. The summed E-state index contributed by atoms with van der Waals surface area (Å²) in [5.74, 6) is 2.18. The van der Waals surface area contributed by atoms with Crippen LogP contribution in [0.15, 0.2) is 48.8 Å². The van der Waals surface area contributed by atoms with Crippen molar-refractivity contribution in [2.45, 2.75) is 18.4 Å². The van der Waals surface area contributed by atoms with Crippen molar-refractivity contribution in [3.8, 4) is 0 Å². The van der Waals surface area contributed by atoms with Crippen molar-refractivity contribution in [2.24, 2.45) is 0 Å². The van der Waals surface area contributed by atoms with Crippen LogP contribution in [0.25, 0.3) is 10.9 Å². The average molecular weight is 419 g/mol. The van der Waals surface area contributed by atoms with Gasteiger partial charge in [-0.15, -0.1) is 0 Å². The van der Waals surface area contributed by atoms with E-state index >= 15 is 0 Å². The van der Waals surface area contributed by atoms with Gasteiger partial charge in [0, 0.05) is 63.0 Å². The molecule has 2 aliphatic rings. The Morgan fingerprint density at radius 1 is 1.10 bits per heavy atom. The van der Waals surface area contributed by atoms with Crippen LogP contribution < -0.4 is 15.1 Å². The summed E-state index contributed by atoms with van der Waals surface area (Å²) in [5, 5.41) is 4.18. The maximum absolute atomic E-state index is 11.8. The highest BCUT2D eigenvalue weighted by Crippen LogP contribution is 2.35. The lowest BCUT2D eigenvalue weighted by atomic mass is 9.95. The number of rotatable bonds is 6. The quantitative estimate of drug-likeness (QED) is 0.655. The lowest BCUT2D eigenvalue weighted by molar-refractivity contribution is -0.125. The average Bonchev–Trinajstić information content (AvgIpc) is 3.21. The van der Waals surface area contributed by atoms with Gasteiger partial charge in [0.15, 0.2) is 5.82 Å². The van der Waals surface area contributed by atoms with E-state index in [-0.39, 0.29) is 18.6 Å². The maximum atomic E-state index is 11.8. The molecule has 2 saturated heterocycles. The molecule has 3 aromatic rings.